The Morgan fingerprint density at radius 3 is 2.53 bits per heavy atom. The van der Waals surface area contributed by atoms with Gasteiger partial charge < -0.3 is 20.1 Å². The first-order chi connectivity index (χ1) is 21.7. The van der Waals surface area contributed by atoms with Gasteiger partial charge in [0, 0.05) is 69.6 Å². The van der Waals surface area contributed by atoms with Gasteiger partial charge in [-0.25, -0.2) is 0 Å². The summed E-state index contributed by atoms with van der Waals surface area (Å²) < 4.78 is 6.97. The van der Waals surface area contributed by atoms with Gasteiger partial charge in [0.05, 0.1) is 30.0 Å². The number of likely N-dealkylation sites (tertiary alicyclic amines) is 2. The molecule has 14 heteroatoms. The van der Waals surface area contributed by atoms with Crippen LogP contribution in [0.15, 0.2) is 30.6 Å². The van der Waals surface area contributed by atoms with Gasteiger partial charge >= 0.3 is 0 Å². The minimum atomic E-state index is -1.02. The second-order valence-corrected chi connectivity index (χ2v) is 12.2. The van der Waals surface area contributed by atoms with Crippen molar-refractivity contribution in [3.63, 3.8) is 0 Å². The van der Waals surface area contributed by atoms with Crippen LogP contribution in [0, 0.1) is 5.92 Å². The first-order valence-corrected chi connectivity index (χ1v) is 15.6. The topological polar surface area (TPSA) is 166 Å². The number of hydrogen-bond donors (Lipinski definition) is 3. The van der Waals surface area contributed by atoms with Gasteiger partial charge in [-0.2, -0.15) is 5.10 Å². The molecular weight excluding hydrogens is 582 g/mol. The van der Waals surface area contributed by atoms with Gasteiger partial charge in [-0.3, -0.25) is 43.8 Å². The van der Waals surface area contributed by atoms with Gasteiger partial charge in [0.25, 0.3) is 11.8 Å². The Balaban J connectivity index is 1.02. The summed E-state index contributed by atoms with van der Waals surface area (Å²) in [6.07, 6.45) is 6.31. The number of aliphatic hydroxyl groups is 1. The molecule has 2 aromatic rings. The molecular formula is C31H39N7O7. The highest BCUT2D eigenvalue weighted by Gasteiger charge is 2.45. The molecule has 5 heterocycles. The highest BCUT2D eigenvalue weighted by molar-refractivity contribution is 6.25. The maximum atomic E-state index is 13.4. The molecule has 0 radical (unpaired) electrons. The number of amides is 5. The summed E-state index contributed by atoms with van der Waals surface area (Å²) >= 11 is 0. The number of carbonyl (C=O) groups is 5. The molecule has 2 unspecified atom stereocenters. The molecule has 0 aliphatic carbocycles. The van der Waals surface area contributed by atoms with Crippen LogP contribution in [-0.4, -0.2) is 111 Å². The number of ether oxygens (including phenoxy) is 1. The summed E-state index contributed by atoms with van der Waals surface area (Å²) in [6, 6.07) is 4.12. The van der Waals surface area contributed by atoms with E-state index in [2.05, 4.69) is 15.7 Å². The van der Waals surface area contributed by atoms with Gasteiger partial charge in [-0.15, -0.1) is 0 Å². The van der Waals surface area contributed by atoms with E-state index in [1.54, 1.807) is 31.5 Å². The Kier molecular flexibility index (Phi) is 8.97. The van der Waals surface area contributed by atoms with E-state index in [1.807, 2.05) is 20.7 Å². The first-order valence-electron chi connectivity index (χ1n) is 15.6. The Morgan fingerprint density at radius 2 is 1.82 bits per heavy atom. The minimum absolute atomic E-state index is 0.0207. The lowest BCUT2D eigenvalue weighted by molar-refractivity contribution is -0.140. The van der Waals surface area contributed by atoms with Crippen molar-refractivity contribution in [2.24, 2.45) is 5.92 Å². The Bertz CT molecular complexity index is 1480. The van der Waals surface area contributed by atoms with E-state index in [0.717, 1.165) is 36.1 Å². The number of anilines is 1. The Morgan fingerprint density at radius 1 is 1.07 bits per heavy atom. The van der Waals surface area contributed by atoms with Crippen molar-refractivity contribution in [1.29, 1.82) is 0 Å². The van der Waals surface area contributed by atoms with Crippen molar-refractivity contribution in [2.75, 3.05) is 45.2 Å². The average Bonchev–Trinajstić information content (AvgIpc) is 3.63. The number of aromatic nitrogens is 2. The molecule has 240 valence electrons. The van der Waals surface area contributed by atoms with E-state index in [1.165, 1.54) is 0 Å². The van der Waals surface area contributed by atoms with E-state index in [4.69, 9.17) is 4.74 Å². The van der Waals surface area contributed by atoms with Crippen LogP contribution >= 0.6 is 0 Å². The number of imide groups is 2. The third-order valence-corrected chi connectivity index (χ3v) is 9.37. The van der Waals surface area contributed by atoms with E-state index in [9.17, 15) is 29.1 Å². The van der Waals surface area contributed by atoms with Crippen molar-refractivity contribution in [3.8, 4) is 0 Å². The summed E-state index contributed by atoms with van der Waals surface area (Å²) in [4.78, 5) is 68.5. The number of methoxy groups -OCH3 is 1. The fraction of sp³-hybridized carbons (Fsp3) is 0.548. The number of benzene rings is 1. The van der Waals surface area contributed by atoms with Crippen LogP contribution in [0.25, 0.3) is 0 Å². The van der Waals surface area contributed by atoms with Gasteiger partial charge in [0.1, 0.15) is 12.3 Å². The molecule has 4 aliphatic rings. The molecule has 3 fully saturated rings. The smallest absolute Gasteiger partial charge is 0.264 e. The number of hydrogen-bond acceptors (Lipinski definition) is 10. The van der Waals surface area contributed by atoms with Crippen LogP contribution in [-0.2, 0) is 25.7 Å². The lowest BCUT2D eigenvalue weighted by Gasteiger charge is -2.38. The fourth-order valence-corrected chi connectivity index (χ4v) is 6.84. The monoisotopic (exact) mass is 621 g/mol. The van der Waals surface area contributed by atoms with Gasteiger partial charge in [0.15, 0.2) is 0 Å². The van der Waals surface area contributed by atoms with E-state index >= 15 is 0 Å². The maximum absolute atomic E-state index is 13.4. The number of carbonyl (C=O) groups excluding carboxylic acids is 5. The summed E-state index contributed by atoms with van der Waals surface area (Å²) in [7, 11) is 1.56. The van der Waals surface area contributed by atoms with Crippen molar-refractivity contribution in [1.82, 2.24) is 29.8 Å². The van der Waals surface area contributed by atoms with Crippen molar-refractivity contribution in [2.45, 2.75) is 63.4 Å². The highest BCUT2D eigenvalue weighted by atomic mass is 16.5. The van der Waals surface area contributed by atoms with Crippen LogP contribution < -0.4 is 10.6 Å². The molecule has 0 spiro atoms. The lowest BCUT2D eigenvalue weighted by Crippen LogP contribution is -2.54. The molecule has 2 atom stereocenters. The molecule has 0 bridgehead atoms. The molecule has 3 saturated heterocycles. The maximum Gasteiger partial charge on any atom is 0.264 e. The number of nitrogens with zero attached hydrogens (tertiary/aromatic N) is 5. The predicted molar refractivity (Wildman–Crippen MR) is 160 cm³/mol. The second-order valence-electron chi connectivity index (χ2n) is 12.2. The molecule has 4 aliphatic heterocycles. The third-order valence-electron chi connectivity index (χ3n) is 9.37. The normalized spacial score (nSPS) is 22.5. The van der Waals surface area contributed by atoms with Gasteiger partial charge in [-0.1, -0.05) is 6.07 Å². The average molecular weight is 622 g/mol. The third kappa shape index (κ3) is 6.22. The highest BCUT2D eigenvalue weighted by Crippen LogP contribution is 2.33. The number of nitrogens with one attached hydrogen (secondary N) is 2. The fourth-order valence-electron chi connectivity index (χ4n) is 6.84. The lowest BCUT2D eigenvalue weighted by atomic mass is 9.93. The number of aliphatic hydroxyl groups excluding tert-OH is 1. The molecule has 6 rings (SSSR count). The first kappa shape index (κ1) is 30.9. The molecule has 0 saturated carbocycles. The van der Waals surface area contributed by atoms with E-state index in [-0.39, 0.29) is 48.4 Å². The summed E-state index contributed by atoms with van der Waals surface area (Å²) in [5, 5.41) is 20.2. The second kappa shape index (κ2) is 13.1. The van der Waals surface area contributed by atoms with Crippen molar-refractivity contribution in [3.05, 3.63) is 47.3 Å². The molecule has 45 heavy (non-hydrogen) atoms. The summed E-state index contributed by atoms with van der Waals surface area (Å²) in [5.74, 6) is -1.98. The van der Waals surface area contributed by atoms with E-state index in [0.29, 0.717) is 38.4 Å². The molecule has 1 aromatic heterocycles. The molecule has 5 amide bonds. The Hall–Kier alpha value is -4.14. The Labute approximate surface area is 260 Å². The van der Waals surface area contributed by atoms with Crippen molar-refractivity contribution < 1.29 is 33.8 Å². The van der Waals surface area contributed by atoms with Crippen LogP contribution in [0.1, 0.15) is 70.8 Å². The standard InChI is InChI=1S/C31H39N7O7/c1-45-18-26(40)35-11-7-20(8-12-35)29(42)36-13-9-21(10-14-36)37-17-19(16-33-37)15-32-23-4-2-3-22-27(23)31(44)38(30(22)43)24-5-6-25(39)34-28(24)41/h2-4,16-17,20-21,24,26,32,40H,5-15,18H2,1H3,(H,34,39,41). The zero-order valence-electron chi connectivity index (χ0n) is 25.3. The minimum Gasteiger partial charge on any atom is -0.381 e. The SMILES string of the molecule is COCC(O)N1CCC(C(=O)N2CCC(n3cc(CNc4cccc5c4C(=O)N(C4CCC(=O)NC4=O)C5=O)cn3)CC2)CC1. The van der Waals surface area contributed by atoms with Crippen LogP contribution in [0.4, 0.5) is 5.69 Å². The molecule has 14 nitrogen and oxygen atoms in total. The van der Waals surface area contributed by atoms with Crippen LogP contribution in [0.3, 0.4) is 0 Å². The number of rotatable bonds is 9. The number of piperidine rings is 3. The quantitative estimate of drug-likeness (QED) is 0.340. The zero-order valence-corrected chi connectivity index (χ0v) is 25.3. The van der Waals surface area contributed by atoms with Crippen molar-refractivity contribution >= 4 is 35.2 Å². The molecule has 3 N–H and O–H groups in total. The zero-order chi connectivity index (χ0) is 31.7. The molecule has 1 aromatic carbocycles. The van der Waals surface area contributed by atoms with E-state index < -0.39 is 35.9 Å². The van der Waals surface area contributed by atoms with Crippen LogP contribution in [0.5, 0.6) is 0 Å². The number of fused-ring (bicyclic) bond motifs is 1. The van der Waals surface area contributed by atoms with Gasteiger partial charge in [-0.05, 0) is 44.2 Å². The van der Waals surface area contributed by atoms with Crippen LogP contribution in [0.2, 0.25) is 0 Å². The van der Waals surface area contributed by atoms with Gasteiger partial charge in [0.2, 0.25) is 17.7 Å². The predicted octanol–water partition coefficient (Wildman–Crippen LogP) is 0.737. The summed E-state index contributed by atoms with van der Waals surface area (Å²) in [5.41, 5.74) is 1.82. The largest absolute Gasteiger partial charge is 0.381 e. The summed E-state index contributed by atoms with van der Waals surface area (Å²) in [6.45, 7) is 3.31.